The number of non-ortho nitro benzene ring substituents is 1. The normalized spacial score (nSPS) is 12.9. The Hall–Kier alpha value is -1.71. The second-order valence-electron chi connectivity index (χ2n) is 3.99. The van der Waals surface area contributed by atoms with Crippen LogP contribution < -0.4 is 4.72 Å². The van der Waals surface area contributed by atoms with E-state index in [4.69, 9.17) is 16.7 Å². The molecule has 1 atom stereocenters. The molecule has 20 heavy (non-hydrogen) atoms. The van der Waals surface area contributed by atoms with Crippen LogP contribution in [0.1, 0.15) is 13.3 Å². The summed E-state index contributed by atoms with van der Waals surface area (Å²) in [6.45, 7) is 1.38. The first-order valence-corrected chi connectivity index (χ1v) is 7.17. The third kappa shape index (κ3) is 4.15. The van der Waals surface area contributed by atoms with E-state index in [0.29, 0.717) is 0 Å². The van der Waals surface area contributed by atoms with Gasteiger partial charge in [-0.2, -0.15) is 0 Å². The molecular weight excluding hydrogens is 312 g/mol. The van der Waals surface area contributed by atoms with Crippen LogP contribution in [0.25, 0.3) is 0 Å². The molecule has 0 aliphatic carbocycles. The standard InChI is InChI=1S/C10H11ClN2O6S/c1-6(4-10(14)15)12-20(18,19)9-3-2-7(13(16)17)5-8(9)11/h2-3,5-6,12H,4H2,1H3,(H,14,15). The van der Waals surface area contributed by atoms with Crippen molar-refractivity contribution in [3.63, 3.8) is 0 Å². The summed E-state index contributed by atoms with van der Waals surface area (Å²) < 4.78 is 26.1. The van der Waals surface area contributed by atoms with Crippen LogP contribution in [0.3, 0.4) is 0 Å². The maximum atomic E-state index is 12.0. The molecule has 110 valence electrons. The number of rotatable bonds is 6. The van der Waals surface area contributed by atoms with Crippen molar-refractivity contribution in [2.24, 2.45) is 0 Å². The molecule has 1 unspecified atom stereocenters. The first-order chi connectivity index (χ1) is 9.13. The van der Waals surface area contributed by atoms with Gasteiger partial charge in [0.1, 0.15) is 4.90 Å². The number of halogens is 1. The van der Waals surface area contributed by atoms with Gasteiger partial charge in [-0.1, -0.05) is 11.6 Å². The molecule has 2 N–H and O–H groups in total. The monoisotopic (exact) mass is 322 g/mol. The molecule has 1 aromatic rings. The molecule has 10 heteroatoms. The van der Waals surface area contributed by atoms with E-state index in [1.807, 2.05) is 0 Å². The van der Waals surface area contributed by atoms with E-state index in [9.17, 15) is 23.3 Å². The SMILES string of the molecule is CC(CC(=O)O)NS(=O)(=O)c1ccc([N+](=O)[O-])cc1Cl. The number of carboxylic acids is 1. The van der Waals surface area contributed by atoms with Crippen LogP contribution in [0.5, 0.6) is 0 Å². The fraction of sp³-hybridized carbons (Fsp3) is 0.300. The lowest BCUT2D eigenvalue weighted by Crippen LogP contribution is -2.34. The summed E-state index contributed by atoms with van der Waals surface area (Å²) in [5.41, 5.74) is -0.340. The number of hydrogen-bond acceptors (Lipinski definition) is 5. The third-order valence-electron chi connectivity index (χ3n) is 2.25. The Morgan fingerprint density at radius 1 is 1.55 bits per heavy atom. The highest BCUT2D eigenvalue weighted by Gasteiger charge is 2.23. The van der Waals surface area contributed by atoms with Gasteiger partial charge in [0.2, 0.25) is 10.0 Å². The zero-order valence-corrected chi connectivity index (χ0v) is 11.8. The van der Waals surface area contributed by atoms with Crippen molar-refractivity contribution in [1.29, 1.82) is 0 Å². The summed E-state index contributed by atoms with van der Waals surface area (Å²) in [7, 11) is -4.05. The van der Waals surface area contributed by atoms with Crippen molar-refractivity contribution >= 4 is 33.3 Å². The topological polar surface area (TPSA) is 127 Å². The highest BCUT2D eigenvalue weighted by atomic mass is 35.5. The number of aliphatic carboxylic acids is 1. The van der Waals surface area contributed by atoms with E-state index >= 15 is 0 Å². The molecule has 0 fully saturated rings. The van der Waals surface area contributed by atoms with Crippen LogP contribution >= 0.6 is 11.6 Å². The van der Waals surface area contributed by atoms with Gasteiger partial charge in [-0.15, -0.1) is 0 Å². The van der Waals surface area contributed by atoms with Crippen LogP contribution in [0, 0.1) is 10.1 Å². The predicted molar refractivity (Wildman–Crippen MR) is 70.1 cm³/mol. The van der Waals surface area contributed by atoms with Gasteiger partial charge in [0, 0.05) is 18.2 Å². The Morgan fingerprint density at radius 2 is 2.15 bits per heavy atom. The van der Waals surface area contributed by atoms with E-state index in [2.05, 4.69) is 4.72 Å². The third-order valence-corrected chi connectivity index (χ3v) is 4.33. The van der Waals surface area contributed by atoms with Crippen molar-refractivity contribution in [2.45, 2.75) is 24.3 Å². The van der Waals surface area contributed by atoms with Crippen molar-refractivity contribution in [2.75, 3.05) is 0 Å². The van der Waals surface area contributed by atoms with Gasteiger partial charge in [-0.25, -0.2) is 13.1 Å². The molecule has 0 saturated heterocycles. The molecule has 0 aromatic heterocycles. The maximum absolute atomic E-state index is 12.0. The lowest BCUT2D eigenvalue weighted by Gasteiger charge is -2.13. The Kier molecular flexibility index (Phi) is 5.03. The van der Waals surface area contributed by atoms with Gasteiger partial charge in [-0.3, -0.25) is 14.9 Å². The number of nitro benzene ring substituents is 1. The second kappa shape index (κ2) is 6.16. The Bertz CT molecular complexity index is 645. The van der Waals surface area contributed by atoms with Crippen molar-refractivity contribution in [1.82, 2.24) is 4.72 Å². The van der Waals surface area contributed by atoms with Crippen molar-refractivity contribution < 1.29 is 23.2 Å². The second-order valence-corrected chi connectivity index (χ2v) is 6.08. The average Bonchev–Trinajstić information content (AvgIpc) is 2.25. The fourth-order valence-electron chi connectivity index (χ4n) is 1.45. The molecule has 0 spiro atoms. The lowest BCUT2D eigenvalue weighted by molar-refractivity contribution is -0.384. The van der Waals surface area contributed by atoms with Gasteiger partial charge in [0.25, 0.3) is 5.69 Å². The summed E-state index contributed by atoms with van der Waals surface area (Å²) in [6.07, 6.45) is -0.399. The molecule has 0 aliphatic rings. The number of hydrogen-bond donors (Lipinski definition) is 2. The average molecular weight is 323 g/mol. The summed E-state index contributed by atoms with van der Waals surface area (Å²) >= 11 is 5.71. The molecule has 0 aliphatic heterocycles. The van der Waals surface area contributed by atoms with Crippen LogP contribution in [0.2, 0.25) is 5.02 Å². The minimum atomic E-state index is -4.05. The summed E-state index contributed by atoms with van der Waals surface area (Å²) in [5, 5.41) is 18.8. The molecule has 1 aromatic carbocycles. The fourth-order valence-corrected chi connectivity index (χ4v) is 3.24. The van der Waals surface area contributed by atoms with Gasteiger partial charge in [-0.05, 0) is 13.0 Å². The van der Waals surface area contributed by atoms with E-state index in [1.165, 1.54) is 6.92 Å². The van der Waals surface area contributed by atoms with Gasteiger partial charge >= 0.3 is 5.97 Å². The molecular formula is C10H11ClN2O6S. The van der Waals surface area contributed by atoms with Crippen LogP contribution in [-0.2, 0) is 14.8 Å². The Labute approximate surface area is 119 Å². The molecule has 0 heterocycles. The highest BCUT2D eigenvalue weighted by molar-refractivity contribution is 7.89. The quantitative estimate of drug-likeness (QED) is 0.602. The van der Waals surface area contributed by atoms with E-state index in [0.717, 1.165) is 18.2 Å². The van der Waals surface area contributed by atoms with Crippen LogP contribution in [0.15, 0.2) is 23.1 Å². The Morgan fingerprint density at radius 3 is 2.60 bits per heavy atom. The smallest absolute Gasteiger partial charge is 0.304 e. The van der Waals surface area contributed by atoms with E-state index in [1.54, 1.807) is 0 Å². The van der Waals surface area contributed by atoms with E-state index in [-0.39, 0.29) is 15.6 Å². The van der Waals surface area contributed by atoms with Gasteiger partial charge in [0.15, 0.2) is 0 Å². The summed E-state index contributed by atoms with van der Waals surface area (Å²) in [4.78, 5) is 20.0. The predicted octanol–water partition coefficient (Wildman–Crippen LogP) is 1.39. The van der Waals surface area contributed by atoms with Gasteiger partial charge < -0.3 is 5.11 Å². The van der Waals surface area contributed by atoms with Crippen molar-refractivity contribution in [3.05, 3.63) is 33.3 Å². The molecule has 0 radical (unpaired) electrons. The zero-order valence-electron chi connectivity index (χ0n) is 10.2. The van der Waals surface area contributed by atoms with Crippen LogP contribution in [0.4, 0.5) is 5.69 Å². The molecule has 0 bridgehead atoms. The first kappa shape index (κ1) is 16.3. The Balaban J connectivity index is 3.04. The van der Waals surface area contributed by atoms with Crippen molar-refractivity contribution in [3.8, 4) is 0 Å². The number of nitrogens with one attached hydrogen (secondary N) is 1. The number of carboxylic acid groups (broad SMARTS) is 1. The lowest BCUT2D eigenvalue weighted by atomic mass is 10.3. The van der Waals surface area contributed by atoms with Crippen LogP contribution in [-0.4, -0.2) is 30.5 Å². The number of nitrogens with zero attached hydrogens (tertiary/aromatic N) is 1. The number of nitro groups is 1. The molecule has 0 amide bonds. The maximum Gasteiger partial charge on any atom is 0.304 e. The molecule has 8 nitrogen and oxygen atoms in total. The summed E-state index contributed by atoms with van der Waals surface area (Å²) in [6, 6.07) is 2.07. The number of sulfonamides is 1. The first-order valence-electron chi connectivity index (χ1n) is 5.31. The largest absolute Gasteiger partial charge is 0.481 e. The van der Waals surface area contributed by atoms with E-state index < -0.39 is 33.4 Å². The molecule has 0 saturated carbocycles. The number of benzene rings is 1. The number of carbonyl (C=O) groups is 1. The van der Waals surface area contributed by atoms with Gasteiger partial charge in [0.05, 0.1) is 16.4 Å². The summed E-state index contributed by atoms with van der Waals surface area (Å²) in [5.74, 6) is -1.16. The zero-order chi connectivity index (χ0) is 15.5. The minimum absolute atomic E-state index is 0.311. The molecule has 1 rings (SSSR count). The minimum Gasteiger partial charge on any atom is -0.481 e. The highest BCUT2D eigenvalue weighted by Crippen LogP contribution is 2.26.